The van der Waals surface area contributed by atoms with E-state index in [1.165, 1.54) is 15.3 Å². The van der Waals surface area contributed by atoms with Gasteiger partial charge in [0.1, 0.15) is 0 Å². The third kappa shape index (κ3) is 3.64. The fourth-order valence-electron chi connectivity index (χ4n) is 2.25. The summed E-state index contributed by atoms with van der Waals surface area (Å²) >= 11 is 1.82. The molecule has 1 N–H and O–H groups in total. The Morgan fingerprint density at radius 3 is 2.48 bits per heavy atom. The van der Waals surface area contributed by atoms with E-state index in [1.807, 2.05) is 29.5 Å². The average molecular weight is 302 g/mol. The molecule has 0 spiro atoms. The highest BCUT2D eigenvalue weighted by Crippen LogP contribution is 2.23. The van der Waals surface area contributed by atoms with Crippen molar-refractivity contribution in [2.24, 2.45) is 0 Å². The Bertz CT molecular complexity index is 659. The first-order valence-electron chi connectivity index (χ1n) is 7.00. The van der Waals surface area contributed by atoms with Crippen LogP contribution < -0.4 is 5.32 Å². The van der Waals surface area contributed by atoms with E-state index in [0.717, 1.165) is 17.8 Å². The highest BCUT2D eigenvalue weighted by Gasteiger charge is 2.10. The number of hydrogen-bond donors (Lipinski definition) is 1. The Labute approximate surface area is 130 Å². The van der Waals surface area contributed by atoms with Gasteiger partial charge in [0.15, 0.2) is 0 Å². The average Bonchev–Trinajstić information content (AvgIpc) is 2.75. The maximum absolute atomic E-state index is 12.0. The molecule has 21 heavy (non-hydrogen) atoms. The van der Waals surface area contributed by atoms with Crippen molar-refractivity contribution in [1.29, 1.82) is 0 Å². The van der Waals surface area contributed by atoms with E-state index in [0.29, 0.717) is 5.56 Å². The molecule has 112 valence electrons. The number of benzene rings is 1. The molecule has 0 aliphatic rings. The highest BCUT2D eigenvalue weighted by atomic mass is 32.1. The van der Waals surface area contributed by atoms with Crippen LogP contribution in [0.4, 0.5) is 5.69 Å². The van der Waals surface area contributed by atoms with Gasteiger partial charge in [-0.15, -0.1) is 11.3 Å². The predicted molar refractivity (Wildman–Crippen MR) is 90.3 cm³/mol. The van der Waals surface area contributed by atoms with E-state index in [2.05, 4.69) is 32.2 Å². The lowest BCUT2D eigenvalue weighted by atomic mass is 10.1. The first kappa shape index (κ1) is 15.6. The molecule has 1 amide bonds. The Hall–Kier alpha value is -1.81. The summed E-state index contributed by atoms with van der Waals surface area (Å²) in [6.07, 6.45) is 0. The topological polar surface area (TPSA) is 32.3 Å². The minimum atomic E-state index is 0.0283. The summed E-state index contributed by atoms with van der Waals surface area (Å²) in [4.78, 5) is 16.3. The molecule has 0 fully saturated rings. The SMILES string of the molecule is Cc1cc(CNc2cc(C(=O)N(C)C)ccc2C)c(C)s1. The molecule has 1 aromatic heterocycles. The number of hydrogen-bond acceptors (Lipinski definition) is 3. The van der Waals surface area contributed by atoms with Crippen LogP contribution in [0.3, 0.4) is 0 Å². The standard InChI is InChI=1S/C17H22N2OS/c1-11-6-7-14(17(20)19(4)5)9-16(11)18-10-15-8-12(2)21-13(15)3/h6-9,18H,10H2,1-5H3. The van der Waals surface area contributed by atoms with Gasteiger partial charge in [-0.2, -0.15) is 0 Å². The second-order valence-electron chi connectivity index (χ2n) is 5.52. The van der Waals surface area contributed by atoms with Gasteiger partial charge in [-0.1, -0.05) is 6.07 Å². The van der Waals surface area contributed by atoms with Gasteiger partial charge in [0.05, 0.1) is 0 Å². The number of carbonyl (C=O) groups excluding carboxylic acids is 1. The molecule has 1 heterocycles. The molecular weight excluding hydrogens is 280 g/mol. The van der Waals surface area contributed by atoms with Crippen LogP contribution in [-0.2, 0) is 6.54 Å². The number of anilines is 1. The number of aryl methyl sites for hydroxylation is 3. The Morgan fingerprint density at radius 1 is 1.19 bits per heavy atom. The highest BCUT2D eigenvalue weighted by molar-refractivity contribution is 7.12. The number of rotatable bonds is 4. The third-order valence-electron chi connectivity index (χ3n) is 3.50. The van der Waals surface area contributed by atoms with Crippen molar-refractivity contribution in [3.8, 4) is 0 Å². The molecule has 1 aromatic carbocycles. The summed E-state index contributed by atoms with van der Waals surface area (Å²) in [5, 5.41) is 3.45. The first-order chi connectivity index (χ1) is 9.88. The molecule has 0 unspecified atom stereocenters. The van der Waals surface area contributed by atoms with Gasteiger partial charge in [-0.3, -0.25) is 4.79 Å². The van der Waals surface area contributed by atoms with E-state index in [9.17, 15) is 4.79 Å². The van der Waals surface area contributed by atoms with Gasteiger partial charge in [-0.25, -0.2) is 0 Å². The van der Waals surface area contributed by atoms with Crippen molar-refractivity contribution in [3.63, 3.8) is 0 Å². The zero-order valence-corrected chi connectivity index (χ0v) is 14.1. The smallest absolute Gasteiger partial charge is 0.253 e. The quantitative estimate of drug-likeness (QED) is 0.926. The van der Waals surface area contributed by atoms with Crippen LogP contribution in [0.5, 0.6) is 0 Å². The second kappa shape index (κ2) is 6.31. The molecular formula is C17H22N2OS. The van der Waals surface area contributed by atoms with Crippen molar-refractivity contribution in [1.82, 2.24) is 4.90 Å². The van der Waals surface area contributed by atoms with E-state index >= 15 is 0 Å². The number of nitrogens with zero attached hydrogens (tertiary/aromatic N) is 1. The van der Waals surface area contributed by atoms with Crippen LogP contribution in [0.25, 0.3) is 0 Å². The van der Waals surface area contributed by atoms with Crippen LogP contribution in [-0.4, -0.2) is 24.9 Å². The van der Waals surface area contributed by atoms with Crippen molar-refractivity contribution >= 4 is 22.9 Å². The number of carbonyl (C=O) groups is 1. The Morgan fingerprint density at radius 2 is 1.90 bits per heavy atom. The Balaban J connectivity index is 2.18. The molecule has 0 aliphatic carbocycles. The fraction of sp³-hybridized carbons (Fsp3) is 0.353. The monoisotopic (exact) mass is 302 g/mol. The fourth-order valence-corrected chi connectivity index (χ4v) is 3.20. The molecule has 3 nitrogen and oxygen atoms in total. The van der Waals surface area contributed by atoms with Gasteiger partial charge in [0, 0.05) is 41.6 Å². The number of amides is 1. The summed E-state index contributed by atoms with van der Waals surface area (Å²) in [7, 11) is 3.54. The number of nitrogens with one attached hydrogen (secondary N) is 1. The summed E-state index contributed by atoms with van der Waals surface area (Å²) in [5.74, 6) is 0.0283. The summed E-state index contributed by atoms with van der Waals surface area (Å²) in [5.41, 5.74) is 4.20. The molecule has 0 saturated carbocycles. The zero-order chi connectivity index (χ0) is 15.6. The van der Waals surface area contributed by atoms with E-state index in [4.69, 9.17) is 0 Å². The lowest BCUT2D eigenvalue weighted by molar-refractivity contribution is 0.0827. The second-order valence-corrected chi connectivity index (χ2v) is 6.98. The molecule has 4 heteroatoms. The van der Waals surface area contributed by atoms with Crippen molar-refractivity contribution < 1.29 is 4.79 Å². The van der Waals surface area contributed by atoms with Gasteiger partial charge < -0.3 is 10.2 Å². The molecule has 0 radical (unpaired) electrons. The van der Waals surface area contributed by atoms with Gasteiger partial charge in [0.25, 0.3) is 5.91 Å². The van der Waals surface area contributed by atoms with E-state index < -0.39 is 0 Å². The molecule has 2 aromatic rings. The van der Waals surface area contributed by atoms with Gasteiger partial charge in [0.2, 0.25) is 0 Å². The van der Waals surface area contributed by atoms with Crippen molar-refractivity contribution in [2.45, 2.75) is 27.3 Å². The van der Waals surface area contributed by atoms with Gasteiger partial charge in [-0.05, 0) is 50.1 Å². The van der Waals surface area contributed by atoms with Crippen LogP contribution in [0.1, 0.15) is 31.2 Å². The summed E-state index contributed by atoms with van der Waals surface area (Å²) < 4.78 is 0. The van der Waals surface area contributed by atoms with E-state index in [-0.39, 0.29) is 5.91 Å². The van der Waals surface area contributed by atoms with Crippen LogP contribution in [0.15, 0.2) is 24.3 Å². The largest absolute Gasteiger partial charge is 0.381 e. The predicted octanol–water partition coefficient (Wildman–Crippen LogP) is 3.99. The molecule has 0 atom stereocenters. The third-order valence-corrected chi connectivity index (χ3v) is 4.51. The maximum atomic E-state index is 12.0. The normalized spacial score (nSPS) is 10.5. The molecule has 0 aliphatic heterocycles. The number of thiophene rings is 1. The Kier molecular flexibility index (Phi) is 4.68. The molecule has 0 saturated heterocycles. The van der Waals surface area contributed by atoms with Crippen LogP contribution in [0.2, 0.25) is 0 Å². The maximum Gasteiger partial charge on any atom is 0.253 e. The summed E-state index contributed by atoms with van der Waals surface area (Å²) in [6, 6.07) is 8.02. The van der Waals surface area contributed by atoms with Crippen LogP contribution >= 0.6 is 11.3 Å². The first-order valence-corrected chi connectivity index (χ1v) is 7.82. The van der Waals surface area contributed by atoms with Crippen LogP contribution in [0, 0.1) is 20.8 Å². The van der Waals surface area contributed by atoms with Crippen molar-refractivity contribution in [3.05, 3.63) is 50.7 Å². The minimum Gasteiger partial charge on any atom is -0.381 e. The van der Waals surface area contributed by atoms with Crippen molar-refractivity contribution in [2.75, 3.05) is 19.4 Å². The van der Waals surface area contributed by atoms with Gasteiger partial charge >= 0.3 is 0 Å². The zero-order valence-electron chi connectivity index (χ0n) is 13.3. The lowest BCUT2D eigenvalue weighted by Crippen LogP contribution is -2.21. The lowest BCUT2D eigenvalue weighted by Gasteiger charge is -2.14. The van der Waals surface area contributed by atoms with E-state index in [1.54, 1.807) is 19.0 Å². The minimum absolute atomic E-state index is 0.0283. The summed E-state index contributed by atoms with van der Waals surface area (Å²) in [6.45, 7) is 7.12. The molecule has 2 rings (SSSR count). The molecule has 0 bridgehead atoms.